The number of hydrogen-bond donors (Lipinski definition) is 0. The summed E-state index contributed by atoms with van der Waals surface area (Å²) in [5, 5.41) is 10.8. The molecule has 0 N–H and O–H groups in total. The van der Waals surface area contributed by atoms with Crippen molar-refractivity contribution >= 4 is 17.5 Å². The van der Waals surface area contributed by atoms with E-state index in [9.17, 15) is 19.7 Å². The normalized spacial score (nSPS) is 18.5. The maximum absolute atomic E-state index is 12.5. The topological polar surface area (TPSA) is 80.5 Å². The fourth-order valence-corrected chi connectivity index (χ4v) is 3.09. The monoisotopic (exact) mass is 300 g/mol. The third-order valence-electron chi connectivity index (χ3n) is 4.21. The van der Waals surface area contributed by atoms with Gasteiger partial charge >= 0.3 is 0 Å². The van der Waals surface area contributed by atoms with Crippen molar-refractivity contribution in [3.05, 3.63) is 51.1 Å². The number of carbonyl (C=O) groups is 2. The predicted octanol–water partition coefficient (Wildman–Crippen LogP) is 2.72. The second-order valence-corrected chi connectivity index (χ2v) is 5.68. The van der Waals surface area contributed by atoms with Gasteiger partial charge in [-0.25, -0.2) is 0 Å². The SMILES string of the molecule is O=C1CC2=C(CCCC2)C(=O)N1Cc1cccc([N+](=O)[O-])c1. The Morgan fingerprint density at radius 3 is 2.73 bits per heavy atom. The molecule has 6 nitrogen and oxygen atoms in total. The number of carbonyl (C=O) groups excluding carboxylic acids is 2. The van der Waals surface area contributed by atoms with Crippen LogP contribution in [0.4, 0.5) is 5.69 Å². The standard InChI is InChI=1S/C16H16N2O4/c19-15-9-12-5-1-2-7-14(12)16(20)17(15)10-11-4-3-6-13(8-11)18(21)22/h3-4,6,8H,1-2,5,7,9-10H2. The number of amides is 2. The number of non-ortho nitro benzene ring substituents is 1. The zero-order chi connectivity index (χ0) is 15.7. The van der Waals surface area contributed by atoms with Gasteiger partial charge in [-0.1, -0.05) is 17.7 Å². The van der Waals surface area contributed by atoms with Crippen molar-refractivity contribution in [3.8, 4) is 0 Å². The summed E-state index contributed by atoms with van der Waals surface area (Å²) in [7, 11) is 0. The molecule has 2 amide bonds. The highest BCUT2D eigenvalue weighted by molar-refractivity contribution is 6.08. The van der Waals surface area contributed by atoms with Gasteiger partial charge < -0.3 is 0 Å². The quantitative estimate of drug-likeness (QED) is 0.488. The van der Waals surface area contributed by atoms with Crippen molar-refractivity contribution in [2.75, 3.05) is 0 Å². The van der Waals surface area contributed by atoms with Crippen LogP contribution in [0.5, 0.6) is 0 Å². The average Bonchev–Trinajstić information content (AvgIpc) is 2.52. The molecule has 0 unspecified atom stereocenters. The molecular formula is C16H16N2O4. The third-order valence-corrected chi connectivity index (χ3v) is 4.21. The van der Waals surface area contributed by atoms with Crippen LogP contribution < -0.4 is 0 Å². The first-order valence-corrected chi connectivity index (χ1v) is 7.35. The molecule has 1 aliphatic carbocycles. The minimum Gasteiger partial charge on any atom is -0.274 e. The van der Waals surface area contributed by atoms with Crippen LogP contribution in [-0.2, 0) is 16.1 Å². The molecule has 1 aromatic rings. The van der Waals surface area contributed by atoms with Crippen molar-refractivity contribution < 1.29 is 14.5 Å². The Bertz CT molecular complexity index is 693. The number of benzene rings is 1. The van der Waals surface area contributed by atoms with E-state index in [1.807, 2.05) is 0 Å². The number of nitro benzene ring substituents is 1. The number of rotatable bonds is 3. The van der Waals surface area contributed by atoms with E-state index in [2.05, 4.69) is 0 Å². The van der Waals surface area contributed by atoms with E-state index in [1.165, 1.54) is 17.0 Å². The maximum Gasteiger partial charge on any atom is 0.269 e. The number of nitrogens with zero attached hydrogens (tertiary/aromatic N) is 2. The minimum absolute atomic E-state index is 0.0352. The van der Waals surface area contributed by atoms with Crippen LogP contribution in [0.3, 0.4) is 0 Å². The number of nitro groups is 1. The molecule has 0 saturated heterocycles. The first-order chi connectivity index (χ1) is 10.6. The molecule has 2 aliphatic rings. The smallest absolute Gasteiger partial charge is 0.269 e. The molecule has 0 spiro atoms. The lowest BCUT2D eigenvalue weighted by Crippen LogP contribution is -2.41. The van der Waals surface area contributed by atoms with Crippen LogP contribution in [0.2, 0.25) is 0 Å². The number of hydrogen-bond acceptors (Lipinski definition) is 4. The van der Waals surface area contributed by atoms with Crippen LogP contribution in [0, 0.1) is 10.1 Å². The van der Waals surface area contributed by atoms with Crippen molar-refractivity contribution in [2.24, 2.45) is 0 Å². The van der Waals surface area contributed by atoms with Crippen molar-refractivity contribution in [3.63, 3.8) is 0 Å². The molecule has 3 rings (SSSR count). The summed E-state index contributed by atoms with van der Waals surface area (Å²) in [4.78, 5) is 36.3. The van der Waals surface area contributed by atoms with Gasteiger partial charge in [-0.15, -0.1) is 0 Å². The Morgan fingerprint density at radius 2 is 1.95 bits per heavy atom. The Labute approximate surface area is 127 Å². The molecule has 0 aromatic heterocycles. The predicted molar refractivity (Wildman–Crippen MR) is 78.8 cm³/mol. The summed E-state index contributed by atoms with van der Waals surface area (Å²) in [6.45, 7) is 0.0934. The van der Waals surface area contributed by atoms with E-state index in [-0.39, 0.29) is 24.0 Å². The third kappa shape index (κ3) is 2.64. The second kappa shape index (κ2) is 5.71. The summed E-state index contributed by atoms with van der Waals surface area (Å²) >= 11 is 0. The molecule has 1 heterocycles. The van der Waals surface area contributed by atoms with Gasteiger partial charge in [0, 0.05) is 24.1 Å². The van der Waals surface area contributed by atoms with E-state index in [4.69, 9.17) is 0 Å². The molecule has 1 aromatic carbocycles. The van der Waals surface area contributed by atoms with E-state index in [0.717, 1.165) is 36.8 Å². The lowest BCUT2D eigenvalue weighted by Gasteiger charge is -2.31. The molecular weight excluding hydrogens is 284 g/mol. The van der Waals surface area contributed by atoms with E-state index < -0.39 is 4.92 Å². The summed E-state index contributed by atoms with van der Waals surface area (Å²) in [6.07, 6.45) is 3.87. The molecule has 0 saturated carbocycles. The molecule has 0 radical (unpaired) electrons. The van der Waals surface area contributed by atoms with E-state index in [0.29, 0.717) is 12.0 Å². The highest BCUT2D eigenvalue weighted by Gasteiger charge is 2.33. The van der Waals surface area contributed by atoms with Crippen LogP contribution in [0.25, 0.3) is 0 Å². The first-order valence-electron chi connectivity index (χ1n) is 7.35. The fourth-order valence-electron chi connectivity index (χ4n) is 3.09. The van der Waals surface area contributed by atoms with Crippen molar-refractivity contribution in [2.45, 2.75) is 38.6 Å². The Balaban J connectivity index is 1.85. The average molecular weight is 300 g/mol. The molecule has 22 heavy (non-hydrogen) atoms. The zero-order valence-electron chi connectivity index (χ0n) is 12.1. The minimum atomic E-state index is -0.481. The summed E-state index contributed by atoms with van der Waals surface area (Å²) in [6, 6.07) is 6.06. The van der Waals surface area contributed by atoms with Gasteiger partial charge in [0.15, 0.2) is 0 Å². The van der Waals surface area contributed by atoms with Crippen LogP contribution in [0.15, 0.2) is 35.4 Å². The zero-order valence-corrected chi connectivity index (χ0v) is 12.1. The molecule has 1 aliphatic heterocycles. The largest absolute Gasteiger partial charge is 0.274 e. The van der Waals surface area contributed by atoms with Crippen molar-refractivity contribution in [1.82, 2.24) is 4.90 Å². The molecule has 0 bridgehead atoms. The van der Waals surface area contributed by atoms with Crippen LogP contribution >= 0.6 is 0 Å². The molecule has 114 valence electrons. The fraction of sp³-hybridized carbons (Fsp3) is 0.375. The lowest BCUT2D eigenvalue weighted by atomic mass is 9.86. The summed E-state index contributed by atoms with van der Waals surface area (Å²) in [5.41, 5.74) is 2.32. The van der Waals surface area contributed by atoms with Gasteiger partial charge in [-0.3, -0.25) is 24.6 Å². The lowest BCUT2D eigenvalue weighted by molar-refractivity contribution is -0.384. The van der Waals surface area contributed by atoms with Crippen LogP contribution in [0.1, 0.15) is 37.7 Å². The highest BCUT2D eigenvalue weighted by atomic mass is 16.6. The Morgan fingerprint density at radius 1 is 1.18 bits per heavy atom. The van der Waals surface area contributed by atoms with E-state index in [1.54, 1.807) is 12.1 Å². The Hall–Kier alpha value is -2.50. The van der Waals surface area contributed by atoms with Gasteiger partial charge in [0.25, 0.3) is 11.6 Å². The Kier molecular flexibility index (Phi) is 3.75. The van der Waals surface area contributed by atoms with Crippen LogP contribution in [-0.4, -0.2) is 21.6 Å². The van der Waals surface area contributed by atoms with E-state index >= 15 is 0 Å². The highest BCUT2D eigenvalue weighted by Crippen LogP contribution is 2.33. The summed E-state index contributed by atoms with van der Waals surface area (Å²) < 4.78 is 0. The second-order valence-electron chi connectivity index (χ2n) is 5.68. The molecule has 6 heteroatoms. The van der Waals surface area contributed by atoms with Gasteiger partial charge in [0.2, 0.25) is 5.91 Å². The number of imide groups is 1. The molecule has 0 fully saturated rings. The molecule has 0 atom stereocenters. The van der Waals surface area contributed by atoms with Gasteiger partial charge in [-0.2, -0.15) is 0 Å². The van der Waals surface area contributed by atoms with Gasteiger partial charge in [0.1, 0.15) is 0 Å². The van der Waals surface area contributed by atoms with Gasteiger partial charge in [-0.05, 0) is 31.2 Å². The summed E-state index contributed by atoms with van der Waals surface area (Å²) in [5.74, 6) is -0.436. The van der Waals surface area contributed by atoms with Gasteiger partial charge in [0.05, 0.1) is 11.5 Å². The first kappa shape index (κ1) is 14.4. The van der Waals surface area contributed by atoms with Crippen molar-refractivity contribution in [1.29, 1.82) is 0 Å². The maximum atomic E-state index is 12.5.